The zero-order valence-electron chi connectivity index (χ0n) is 16.8. The summed E-state index contributed by atoms with van der Waals surface area (Å²) in [6, 6.07) is 5.32. The molecule has 0 aliphatic heterocycles. The number of hydrogen-bond donors (Lipinski definition) is 2. The normalized spacial score (nSPS) is 13.0. The molecular formula is C21H25FN4O3S. The molecule has 7 nitrogen and oxygen atoms in total. The summed E-state index contributed by atoms with van der Waals surface area (Å²) >= 11 is 1.24. The maximum absolute atomic E-state index is 13.1. The van der Waals surface area contributed by atoms with Gasteiger partial charge in [-0.15, -0.1) is 11.3 Å². The summed E-state index contributed by atoms with van der Waals surface area (Å²) in [5.41, 5.74) is 0.937. The predicted octanol–water partition coefficient (Wildman–Crippen LogP) is 2.98. The van der Waals surface area contributed by atoms with Gasteiger partial charge in [-0.1, -0.05) is 13.3 Å². The Morgan fingerprint density at radius 3 is 2.60 bits per heavy atom. The number of aromatic nitrogens is 1. The number of anilines is 1. The number of hydrogen-bond acceptors (Lipinski definition) is 5. The van der Waals surface area contributed by atoms with E-state index >= 15 is 0 Å². The van der Waals surface area contributed by atoms with Crippen LogP contribution in [0.5, 0.6) is 0 Å². The molecule has 1 aromatic heterocycles. The van der Waals surface area contributed by atoms with Gasteiger partial charge in [0.05, 0.1) is 12.1 Å². The van der Waals surface area contributed by atoms with Gasteiger partial charge < -0.3 is 15.5 Å². The van der Waals surface area contributed by atoms with Crippen molar-refractivity contribution < 1.29 is 18.8 Å². The Bertz CT molecular complexity index is 896. The van der Waals surface area contributed by atoms with Gasteiger partial charge in [0.2, 0.25) is 11.8 Å². The molecule has 0 bridgehead atoms. The lowest BCUT2D eigenvalue weighted by Gasteiger charge is -2.21. The lowest BCUT2D eigenvalue weighted by molar-refractivity contribution is -0.120. The van der Waals surface area contributed by atoms with Crippen LogP contribution in [0.25, 0.3) is 0 Å². The molecule has 1 heterocycles. The van der Waals surface area contributed by atoms with Crippen molar-refractivity contribution in [2.75, 3.05) is 18.4 Å². The first-order valence-corrected chi connectivity index (χ1v) is 10.9. The zero-order chi connectivity index (χ0) is 21.5. The van der Waals surface area contributed by atoms with Gasteiger partial charge in [0.1, 0.15) is 12.4 Å². The summed E-state index contributed by atoms with van der Waals surface area (Å²) in [7, 11) is 0. The molecule has 0 spiro atoms. The summed E-state index contributed by atoms with van der Waals surface area (Å²) < 4.78 is 13.1. The second-order valence-corrected chi connectivity index (χ2v) is 8.10. The van der Waals surface area contributed by atoms with E-state index in [-0.39, 0.29) is 36.7 Å². The average Bonchev–Trinajstić information content (AvgIpc) is 3.47. The molecule has 1 aliphatic rings. The maximum Gasteiger partial charge on any atom is 0.254 e. The molecule has 0 unspecified atom stereocenters. The van der Waals surface area contributed by atoms with Crippen molar-refractivity contribution in [1.29, 1.82) is 0 Å². The van der Waals surface area contributed by atoms with Crippen LogP contribution in [-0.4, -0.2) is 46.7 Å². The first-order valence-electron chi connectivity index (χ1n) is 10.0. The maximum atomic E-state index is 13.1. The van der Waals surface area contributed by atoms with Crippen molar-refractivity contribution in [3.63, 3.8) is 0 Å². The van der Waals surface area contributed by atoms with Gasteiger partial charge >= 0.3 is 0 Å². The summed E-state index contributed by atoms with van der Waals surface area (Å²) in [6.45, 7) is 2.59. The van der Waals surface area contributed by atoms with Gasteiger partial charge in [-0.05, 0) is 43.5 Å². The lowest BCUT2D eigenvalue weighted by Crippen LogP contribution is -2.39. The molecule has 1 aliphatic carbocycles. The van der Waals surface area contributed by atoms with Gasteiger partial charge in [0.15, 0.2) is 5.13 Å². The fraction of sp³-hybridized carbons (Fsp3) is 0.429. The van der Waals surface area contributed by atoms with Crippen LogP contribution >= 0.6 is 11.3 Å². The number of benzene rings is 1. The quantitative estimate of drug-likeness (QED) is 0.565. The second-order valence-electron chi connectivity index (χ2n) is 7.24. The van der Waals surface area contributed by atoms with Gasteiger partial charge in [-0.3, -0.25) is 14.4 Å². The molecule has 0 radical (unpaired) electrons. The van der Waals surface area contributed by atoms with Crippen LogP contribution in [0.4, 0.5) is 9.52 Å². The minimum absolute atomic E-state index is 0.0203. The monoisotopic (exact) mass is 432 g/mol. The minimum atomic E-state index is -0.416. The zero-order valence-corrected chi connectivity index (χ0v) is 17.6. The fourth-order valence-electron chi connectivity index (χ4n) is 2.90. The summed E-state index contributed by atoms with van der Waals surface area (Å²) in [6.07, 6.45) is 3.78. The van der Waals surface area contributed by atoms with E-state index in [0.717, 1.165) is 25.7 Å². The fourth-order valence-corrected chi connectivity index (χ4v) is 3.63. The van der Waals surface area contributed by atoms with Crippen molar-refractivity contribution in [2.24, 2.45) is 0 Å². The highest BCUT2D eigenvalue weighted by atomic mass is 32.1. The Morgan fingerprint density at radius 2 is 1.93 bits per heavy atom. The number of amides is 3. The van der Waals surface area contributed by atoms with E-state index in [1.807, 2.05) is 0 Å². The van der Waals surface area contributed by atoms with Gasteiger partial charge in [-0.2, -0.15) is 0 Å². The molecule has 3 rings (SSSR count). The molecule has 160 valence electrons. The van der Waals surface area contributed by atoms with Crippen LogP contribution in [0.15, 0.2) is 29.6 Å². The third-order valence-corrected chi connectivity index (χ3v) is 5.45. The Hall–Kier alpha value is -2.81. The highest BCUT2D eigenvalue weighted by molar-refractivity contribution is 7.13. The Balaban J connectivity index is 1.54. The number of carbonyl (C=O) groups is 3. The highest BCUT2D eigenvalue weighted by Gasteiger charge is 2.34. The highest BCUT2D eigenvalue weighted by Crippen LogP contribution is 2.28. The Kier molecular flexibility index (Phi) is 7.51. The molecule has 2 N–H and O–H groups in total. The number of unbranched alkanes of at least 4 members (excludes halogenated alkanes) is 1. The Labute approximate surface area is 178 Å². The van der Waals surface area contributed by atoms with E-state index in [1.54, 1.807) is 5.38 Å². The minimum Gasteiger partial charge on any atom is -0.356 e. The molecule has 0 atom stereocenters. The van der Waals surface area contributed by atoms with Crippen LogP contribution in [-0.2, 0) is 16.0 Å². The average molecular weight is 433 g/mol. The SMILES string of the molecule is CCCCNC(=O)Cc1csc(NC(=O)CN(C(=O)c2ccc(F)cc2)C2CC2)n1. The van der Waals surface area contributed by atoms with E-state index in [9.17, 15) is 18.8 Å². The summed E-state index contributed by atoms with van der Waals surface area (Å²) in [5.74, 6) is -1.17. The topological polar surface area (TPSA) is 91.4 Å². The molecule has 30 heavy (non-hydrogen) atoms. The molecule has 3 amide bonds. The predicted molar refractivity (Wildman–Crippen MR) is 113 cm³/mol. The molecule has 1 fully saturated rings. The van der Waals surface area contributed by atoms with Crippen molar-refractivity contribution in [3.05, 3.63) is 46.7 Å². The smallest absolute Gasteiger partial charge is 0.254 e. The molecule has 1 saturated carbocycles. The van der Waals surface area contributed by atoms with Crippen LogP contribution in [0.1, 0.15) is 48.7 Å². The summed E-state index contributed by atoms with van der Waals surface area (Å²) in [5, 5.41) is 7.65. The third kappa shape index (κ3) is 6.35. The number of thiazole rings is 1. The van der Waals surface area contributed by atoms with E-state index in [0.29, 0.717) is 22.9 Å². The van der Waals surface area contributed by atoms with E-state index in [2.05, 4.69) is 22.5 Å². The second kappa shape index (κ2) is 10.3. The van der Waals surface area contributed by atoms with E-state index in [4.69, 9.17) is 0 Å². The van der Waals surface area contributed by atoms with Crippen LogP contribution in [0, 0.1) is 5.82 Å². The number of rotatable bonds is 10. The van der Waals surface area contributed by atoms with Crippen molar-refractivity contribution in [1.82, 2.24) is 15.2 Å². The summed E-state index contributed by atoms with van der Waals surface area (Å²) in [4.78, 5) is 42.9. The standard InChI is InChI=1S/C21H25FN4O3S/c1-2-3-10-23-18(27)11-16-13-30-21(24-16)25-19(28)12-26(17-8-9-17)20(29)14-4-6-15(22)7-5-14/h4-7,13,17H,2-3,8-12H2,1H3,(H,23,27)(H,24,25,28). The molecular weight excluding hydrogens is 407 g/mol. The molecule has 0 saturated heterocycles. The Morgan fingerprint density at radius 1 is 1.20 bits per heavy atom. The van der Waals surface area contributed by atoms with E-state index < -0.39 is 5.82 Å². The van der Waals surface area contributed by atoms with Crippen molar-refractivity contribution in [3.8, 4) is 0 Å². The lowest BCUT2D eigenvalue weighted by atomic mass is 10.2. The van der Waals surface area contributed by atoms with Gasteiger partial charge in [-0.25, -0.2) is 9.37 Å². The van der Waals surface area contributed by atoms with Crippen LogP contribution in [0.2, 0.25) is 0 Å². The molecule has 2 aromatic rings. The van der Waals surface area contributed by atoms with Crippen LogP contribution in [0.3, 0.4) is 0 Å². The number of nitrogens with one attached hydrogen (secondary N) is 2. The number of carbonyl (C=O) groups excluding carboxylic acids is 3. The molecule has 9 heteroatoms. The largest absolute Gasteiger partial charge is 0.356 e. The van der Waals surface area contributed by atoms with Gasteiger partial charge in [0.25, 0.3) is 5.91 Å². The van der Waals surface area contributed by atoms with E-state index in [1.165, 1.54) is 40.5 Å². The van der Waals surface area contributed by atoms with Crippen molar-refractivity contribution >= 4 is 34.2 Å². The van der Waals surface area contributed by atoms with Crippen molar-refractivity contribution in [2.45, 2.75) is 45.1 Å². The third-order valence-electron chi connectivity index (χ3n) is 4.65. The van der Waals surface area contributed by atoms with Crippen LogP contribution < -0.4 is 10.6 Å². The first-order chi connectivity index (χ1) is 14.5. The number of halogens is 1. The molecule has 1 aromatic carbocycles. The first kappa shape index (κ1) is 21.9. The number of nitrogens with zero attached hydrogens (tertiary/aromatic N) is 2. The van der Waals surface area contributed by atoms with Gasteiger partial charge in [0, 0.05) is 23.5 Å².